The standard InChI is InChI=1S/C17H19FN4O2.C2HF3O2/c1-2-7-24-12-13-9-21(11-14-3-6-20-22(14)10-13)17(23)15-4-5-19-8-16(15)18;3-2(4,5)1(6)7/h2-6,8,13H,1,7,9-12H2;(H,6,7). The van der Waals surface area contributed by atoms with Gasteiger partial charge < -0.3 is 14.7 Å². The maximum atomic E-state index is 13.9. The second-order valence-corrected chi connectivity index (χ2v) is 6.54. The second-order valence-electron chi connectivity index (χ2n) is 6.54. The van der Waals surface area contributed by atoms with Crippen LogP contribution in [-0.4, -0.2) is 62.6 Å². The summed E-state index contributed by atoms with van der Waals surface area (Å²) in [7, 11) is 0. The van der Waals surface area contributed by atoms with Gasteiger partial charge in [0.25, 0.3) is 5.91 Å². The highest BCUT2D eigenvalue weighted by molar-refractivity contribution is 5.94. The highest BCUT2D eigenvalue weighted by Gasteiger charge is 2.38. The number of aliphatic carboxylic acids is 1. The summed E-state index contributed by atoms with van der Waals surface area (Å²) >= 11 is 0. The zero-order chi connectivity index (χ0) is 23.0. The van der Waals surface area contributed by atoms with Gasteiger partial charge in [0.15, 0.2) is 5.82 Å². The number of halogens is 4. The van der Waals surface area contributed by atoms with E-state index in [-0.39, 0.29) is 17.4 Å². The van der Waals surface area contributed by atoms with Gasteiger partial charge in [-0.15, -0.1) is 6.58 Å². The van der Waals surface area contributed by atoms with Gasteiger partial charge in [0, 0.05) is 31.4 Å². The number of carbonyl (C=O) groups is 2. The molecule has 3 rings (SSSR count). The summed E-state index contributed by atoms with van der Waals surface area (Å²) in [6.45, 7) is 6.08. The normalized spacial score (nSPS) is 15.9. The lowest BCUT2D eigenvalue weighted by molar-refractivity contribution is -0.192. The predicted octanol–water partition coefficient (Wildman–Crippen LogP) is 2.53. The Morgan fingerprint density at radius 1 is 1.29 bits per heavy atom. The molecule has 2 aromatic heterocycles. The first kappa shape index (κ1) is 24.0. The van der Waals surface area contributed by atoms with Gasteiger partial charge in [0.05, 0.1) is 37.2 Å². The first-order valence-electron chi connectivity index (χ1n) is 9.01. The first-order valence-corrected chi connectivity index (χ1v) is 9.01. The molecule has 2 aromatic rings. The minimum atomic E-state index is -5.08. The average Bonchev–Trinajstić information content (AvgIpc) is 3.06. The van der Waals surface area contributed by atoms with Gasteiger partial charge in [-0.25, -0.2) is 9.18 Å². The molecule has 0 bridgehead atoms. The molecule has 0 aliphatic carbocycles. The van der Waals surface area contributed by atoms with Crippen molar-refractivity contribution >= 4 is 11.9 Å². The number of carbonyl (C=O) groups excluding carboxylic acids is 1. The molecule has 0 radical (unpaired) electrons. The Balaban J connectivity index is 0.000000423. The number of carboxylic acids is 1. The lowest BCUT2D eigenvalue weighted by Gasteiger charge is -2.24. The molecule has 0 saturated heterocycles. The fraction of sp³-hybridized carbons (Fsp3) is 0.368. The Labute approximate surface area is 174 Å². The fourth-order valence-corrected chi connectivity index (χ4v) is 2.83. The number of rotatable bonds is 5. The Morgan fingerprint density at radius 3 is 2.61 bits per heavy atom. The molecule has 1 N–H and O–H groups in total. The third kappa shape index (κ3) is 6.88. The molecule has 168 valence electrons. The van der Waals surface area contributed by atoms with E-state index in [0.717, 1.165) is 11.9 Å². The number of alkyl halides is 3. The van der Waals surface area contributed by atoms with E-state index in [9.17, 15) is 22.4 Å². The van der Waals surface area contributed by atoms with Crippen molar-refractivity contribution in [3.8, 4) is 0 Å². The number of ether oxygens (including phenoxy) is 1. The summed E-state index contributed by atoms with van der Waals surface area (Å²) in [6, 6.07) is 3.28. The van der Waals surface area contributed by atoms with Gasteiger partial charge in [0.1, 0.15) is 0 Å². The zero-order valence-electron chi connectivity index (χ0n) is 16.3. The lowest BCUT2D eigenvalue weighted by Crippen LogP contribution is -2.35. The molecule has 1 amide bonds. The third-order valence-corrected chi connectivity index (χ3v) is 4.19. The Hall–Kier alpha value is -3.28. The molecule has 1 aliphatic heterocycles. The summed E-state index contributed by atoms with van der Waals surface area (Å²) in [6.07, 6.45) is 0.784. The number of hydrogen-bond donors (Lipinski definition) is 1. The van der Waals surface area contributed by atoms with Crippen molar-refractivity contribution in [2.75, 3.05) is 19.8 Å². The lowest BCUT2D eigenvalue weighted by atomic mass is 10.1. The maximum absolute atomic E-state index is 13.9. The van der Waals surface area contributed by atoms with Crippen molar-refractivity contribution in [1.82, 2.24) is 19.7 Å². The smallest absolute Gasteiger partial charge is 0.475 e. The minimum Gasteiger partial charge on any atom is -0.475 e. The van der Waals surface area contributed by atoms with Crippen LogP contribution in [0.3, 0.4) is 0 Å². The van der Waals surface area contributed by atoms with E-state index < -0.39 is 18.0 Å². The number of amides is 1. The molecule has 3 heterocycles. The van der Waals surface area contributed by atoms with Crippen molar-refractivity contribution in [2.45, 2.75) is 19.3 Å². The van der Waals surface area contributed by atoms with E-state index in [0.29, 0.717) is 32.8 Å². The largest absolute Gasteiger partial charge is 0.490 e. The SMILES string of the molecule is C=CCOCC1CN(C(=O)c2ccncc2F)Cc2ccnn2C1.O=C(O)C(F)(F)F. The van der Waals surface area contributed by atoms with E-state index in [1.807, 2.05) is 10.7 Å². The topological polar surface area (TPSA) is 97.5 Å². The quantitative estimate of drug-likeness (QED) is 0.433. The van der Waals surface area contributed by atoms with Gasteiger partial charge in [-0.2, -0.15) is 18.3 Å². The van der Waals surface area contributed by atoms with Crippen LogP contribution in [0.4, 0.5) is 17.6 Å². The molecule has 1 unspecified atom stereocenters. The molecule has 0 aromatic carbocycles. The molecule has 0 spiro atoms. The molecule has 0 saturated carbocycles. The Morgan fingerprint density at radius 2 is 2.00 bits per heavy atom. The maximum Gasteiger partial charge on any atom is 0.490 e. The van der Waals surface area contributed by atoms with Crippen molar-refractivity contribution in [3.63, 3.8) is 0 Å². The van der Waals surface area contributed by atoms with Crippen molar-refractivity contribution < 1.29 is 37.0 Å². The van der Waals surface area contributed by atoms with E-state index in [1.54, 1.807) is 17.2 Å². The van der Waals surface area contributed by atoms with Crippen LogP contribution >= 0.6 is 0 Å². The molecule has 1 aliphatic rings. The van der Waals surface area contributed by atoms with Crippen LogP contribution in [0, 0.1) is 11.7 Å². The summed E-state index contributed by atoms with van der Waals surface area (Å²) < 4.78 is 53.1. The van der Waals surface area contributed by atoms with E-state index in [2.05, 4.69) is 16.7 Å². The van der Waals surface area contributed by atoms with Crippen LogP contribution in [0.5, 0.6) is 0 Å². The summed E-state index contributed by atoms with van der Waals surface area (Å²) in [5, 5.41) is 11.4. The number of fused-ring (bicyclic) bond motifs is 1. The number of carboxylic acid groups (broad SMARTS) is 1. The Kier molecular flexibility index (Phi) is 8.25. The molecule has 0 fully saturated rings. The summed E-state index contributed by atoms with van der Waals surface area (Å²) in [4.78, 5) is 27.0. The van der Waals surface area contributed by atoms with Crippen LogP contribution in [0.1, 0.15) is 16.1 Å². The van der Waals surface area contributed by atoms with E-state index >= 15 is 0 Å². The highest BCUT2D eigenvalue weighted by atomic mass is 19.4. The number of nitrogens with zero attached hydrogens (tertiary/aromatic N) is 4. The van der Waals surface area contributed by atoms with Gasteiger partial charge in [-0.3, -0.25) is 14.5 Å². The predicted molar refractivity (Wildman–Crippen MR) is 99.4 cm³/mol. The van der Waals surface area contributed by atoms with Crippen LogP contribution in [0.15, 0.2) is 43.4 Å². The molecular weight excluding hydrogens is 424 g/mol. The average molecular weight is 444 g/mol. The number of aromatic nitrogens is 3. The molecular formula is C19H20F4N4O4. The highest BCUT2D eigenvalue weighted by Crippen LogP contribution is 2.19. The summed E-state index contributed by atoms with van der Waals surface area (Å²) in [5.74, 6) is -3.65. The van der Waals surface area contributed by atoms with Crippen molar-refractivity contribution in [1.29, 1.82) is 0 Å². The molecule has 31 heavy (non-hydrogen) atoms. The van der Waals surface area contributed by atoms with Crippen molar-refractivity contribution in [2.24, 2.45) is 5.92 Å². The molecule has 1 atom stereocenters. The van der Waals surface area contributed by atoms with Crippen LogP contribution < -0.4 is 0 Å². The Bertz CT molecular complexity index is 916. The fourth-order valence-electron chi connectivity index (χ4n) is 2.83. The van der Waals surface area contributed by atoms with Crippen LogP contribution in [0.25, 0.3) is 0 Å². The van der Waals surface area contributed by atoms with E-state index in [1.165, 1.54) is 12.3 Å². The van der Waals surface area contributed by atoms with Crippen LogP contribution in [-0.2, 0) is 22.6 Å². The van der Waals surface area contributed by atoms with Crippen molar-refractivity contribution in [3.05, 3.63) is 60.5 Å². The first-order chi connectivity index (χ1) is 14.6. The van der Waals surface area contributed by atoms with Crippen LogP contribution in [0.2, 0.25) is 0 Å². The minimum absolute atomic E-state index is 0.0312. The third-order valence-electron chi connectivity index (χ3n) is 4.19. The zero-order valence-corrected chi connectivity index (χ0v) is 16.3. The van der Waals surface area contributed by atoms with E-state index in [4.69, 9.17) is 14.6 Å². The number of hydrogen-bond acceptors (Lipinski definition) is 5. The second kappa shape index (κ2) is 10.7. The molecule has 8 nitrogen and oxygen atoms in total. The number of pyridine rings is 1. The van der Waals surface area contributed by atoms with Gasteiger partial charge in [-0.1, -0.05) is 6.08 Å². The molecule has 12 heteroatoms. The van der Waals surface area contributed by atoms with Gasteiger partial charge >= 0.3 is 12.1 Å². The monoisotopic (exact) mass is 444 g/mol. The van der Waals surface area contributed by atoms with Gasteiger partial charge in [-0.05, 0) is 12.1 Å². The summed E-state index contributed by atoms with van der Waals surface area (Å²) in [5.41, 5.74) is 0.952. The van der Waals surface area contributed by atoms with Gasteiger partial charge in [0.2, 0.25) is 0 Å².